The maximum atomic E-state index is 13.0. The number of morpholine rings is 1. The summed E-state index contributed by atoms with van der Waals surface area (Å²) in [5, 5.41) is 0. The molecule has 2 aliphatic rings. The van der Waals surface area contributed by atoms with Crippen molar-refractivity contribution in [3.63, 3.8) is 0 Å². The minimum Gasteiger partial charge on any atom is -0.379 e. The van der Waals surface area contributed by atoms with Gasteiger partial charge in [0.15, 0.2) is 0 Å². The zero-order chi connectivity index (χ0) is 18.0. The topological polar surface area (TPSA) is 66.9 Å². The molecular formula is C18H26N2O4S. The first-order valence-electron chi connectivity index (χ1n) is 8.91. The van der Waals surface area contributed by atoms with Gasteiger partial charge < -0.3 is 9.64 Å². The van der Waals surface area contributed by atoms with E-state index in [1.165, 1.54) is 4.31 Å². The van der Waals surface area contributed by atoms with Crippen LogP contribution in [0.1, 0.15) is 42.1 Å². The Bertz CT molecular complexity index is 741. The first-order valence-corrected chi connectivity index (χ1v) is 10.3. The highest BCUT2D eigenvalue weighted by Crippen LogP contribution is 2.25. The van der Waals surface area contributed by atoms with E-state index in [0.29, 0.717) is 37.4 Å². The summed E-state index contributed by atoms with van der Waals surface area (Å²) in [6.45, 7) is 6.07. The maximum Gasteiger partial charge on any atom is 0.254 e. The molecule has 7 heteroatoms. The van der Waals surface area contributed by atoms with Crippen molar-refractivity contribution in [2.45, 2.75) is 44.0 Å². The number of carbonyl (C=O) groups is 1. The molecule has 1 aromatic rings. The number of amides is 1. The van der Waals surface area contributed by atoms with Crippen LogP contribution in [-0.4, -0.2) is 62.4 Å². The van der Waals surface area contributed by atoms with E-state index in [4.69, 9.17) is 4.74 Å². The lowest BCUT2D eigenvalue weighted by atomic mass is 10.0. The molecule has 0 radical (unpaired) electrons. The van der Waals surface area contributed by atoms with E-state index in [2.05, 4.69) is 6.92 Å². The lowest BCUT2D eigenvalue weighted by Crippen LogP contribution is -2.42. The van der Waals surface area contributed by atoms with Crippen LogP contribution in [0.5, 0.6) is 0 Å². The average molecular weight is 366 g/mol. The third-order valence-corrected chi connectivity index (χ3v) is 7.13. The molecule has 0 spiro atoms. The van der Waals surface area contributed by atoms with Crippen molar-refractivity contribution in [1.29, 1.82) is 0 Å². The highest BCUT2D eigenvalue weighted by atomic mass is 32.2. The fourth-order valence-electron chi connectivity index (χ4n) is 3.50. The Balaban J connectivity index is 1.91. The predicted molar refractivity (Wildman–Crippen MR) is 95.1 cm³/mol. The highest BCUT2D eigenvalue weighted by Gasteiger charge is 2.30. The van der Waals surface area contributed by atoms with Crippen LogP contribution in [0, 0.1) is 6.92 Å². The molecule has 6 nitrogen and oxygen atoms in total. The first-order chi connectivity index (χ1) is 11.9. The molecule has 25 heavy (non-hydrogen) atoms. The summed E-state index contributed by atoms with van der Waals surface area (Å²) in [4.78, 5) is 15.0. The van der Waals surface area contributed by atoms with Crippen molar-refractivity contribution < 1.29 is 17.9 Å². The number of carbonyl (C=O) groups excluding carboxylic acids is 1. The Morgan fingerprint density at radius 2 is 1.88 bits per heavy atom. The van der Waals surface area contributed by atoms with Gasteiger partial charge in [0.25, 0.3) is 5.91 Å². The van der Waals surface area contributed by atoms with Crippen LogP contribution < -0.4 is 0 Å². The minimum atomic E-state index is -3.61. The summed E-state index contributed by atoms with van der Waals surface area (Å²) in [6, 6.07) is 5.21. The standard InChI is InChI=1S/C18H26N2O4S/c1-14-6-7-16(18(21)20-8-4-3-5-15(20)2)13-17(14)25(22,23)19-9-11-24-12-10-19/h6-7,13,15H,3-5,8-12H2,1-2H3. The molecule has 1 aromatic carbocycles. The van der Waals surface area contributed by atoms with Gasteiger partial charge in [0.05, 0.1) is 18.1 Å². The Morgan fingerprint density at radius 3 is 2.56 bits per heavy atom. The molecule has 3 rings (SSSR count). The molecular weight excluding hydrogens is 340 g/mol. The third-order valence-electron chi connectivity index (χ3n) is 5.09. The van der Waals surface area contributed by atoms with Crippen molar-refractivity contribution in [3.05, 3.63) is 29.3 Å². The molecule has 0 N–H and O–H groups in total. The Kier molecular flexibility index (Phi) is 5.46. The molecule has 2 aliphatic heterocycles. The molecule has 2 heterocycles. The van der Waals surface area contributed by atoms with Crippen LogP contribution in [0.3, 0.4) is 0 Å². The second-order valence-corrected chi connectivity index (χ2v) is 8.75. The van der Waals surface area contributed by atoms with Crippen molar-refractivity contribution >= 4 is 15.9 Å². The molecule has 1 atom stereocenters. The molecule has 0 aromatic heterocycles. The van der Waals surface area contributed by atoms with Gasteiger partial charge in [-0.15, -0.1) is 0 Å². The summed E-state index contributed by atoms with van der Waals surface area (Å²) in [7, 11) is -3.61. The second-order valence-electron chi connectivity index (χ2n) is 6.84. The summed E-state index contributed by atoms with van der Waals surface area (Å²) in [6.07, 6.45) is 3.13. The third kappa shape index (κ3) is 3.73. The number of likely N-dealkylation sites (tertiary alicyclic amines) is 1. The number of sulfonamides is 1. The molecule has 138 valence electrons. The van der Waals surface area contributed by atoms with E-state index in [1.807, 2.05) is 4.90 Å². The summed E-state index contributed by atoms with van der Waals surface area (Å²) in [5.74, 6) is -0.0781. The van der Waals surface area contributed by atoms with Gasteiger partial charge in [-0.25, -0.2) is 8.42 Å². The summed E-state index contributed by atoms with van der Waals surface area (Å²) in [5.41, 5.74) is 1.11. The molecule has 0 aliphatic carbocycles. The summed E-state index contributed by atoms with van der Waals surface area (Å²) < 4.78 is 32.6. The number of benzene rings is 1. The molecule has 1 amide bonds. The number of rotatable bonds is 3. The van der Waals surface area contributed by atoms with E-state index >= 15 is 0 Å². The van der Waals surface area contributed by atoms with Gasteiger partial charge in [-0.3, -0.25) is 4.79 Å². The van der Waals surface area contributed by atoms with Gasteiger partial charge in [0, 0.05) is 31.2 Å². The van der Waals surface area contributed by atoms with E-state index in [-0.39, 0.29) is 16.8 Å². The minimum absolute atomic E-state index is 0.0781. The Morgan fingerprint density at radius 1 is 1.16 bits per heavy atom. The largest absolute Gasteiger partial charge is 0.379 e. The maximum absolute atomic E-state index is 13.0. The van der Waals surface area contributed by atoms with E-state index in [0.717, 1.165) is 25.8 Å². The van der Waals surface area contributed by atoms with Gasteiger partial charge in [0.1, 0.15) is 0 Å². The molecule has 0 saturated carbocycles. The number of nitrogens with zero attached hydrogens (tertiary/aromatic N) is 2. The van der Waals surface area contributed by atoms with Gasteiger partial charge in [0.2, 0.25) is 10.0 Å². The summed E-state index contributed by atoms with van der Waals surface area (Å²) >= 11 is 0. The zero-order valence-electron chi connectivity index (χ0n) is 14.9. The fraction of sp³-hybridized carbons (Fsp3) is 0.611. The SMILES string of the molecule is Cc1ccc(C(=O)N2CCCCC2C)cc1S(=O)(=O)N1CCOCC1. The van der Waals surface area contributed by atoms with Crippen LogP contribution >= 0.6 is 0 Å². The first kappa shape index (κ1) is 18.4. The number of hydrogen-bond acceptors (Lipinski definition) is 4. The lowest BCUT2D eigenvalue weighted by molar-refractivity contribution is 0.0635. The smallest absolute Gasteiger partial charge is 0.254 e. The van der Waals surface area contributed by atoms with Crippen molar-refractivity contribution in [2.24, 2.45) is 0 Å². The Hall–Kier alpha value is -1.44. The average Bonchev–Trinajstić information content (AvgIpc) is 2.62. The van der Waals surface area contributed by atoms with Crippen molar-refractivity contribution in [2.75, 3.05) is 32.8 Å². The van der Waals surface area contributed by atoms with Crippen LogP contribution in [0.4, 0.5) is 0 Å². The van der Waals surface area contributed by atoms with E-state index < -0.39 is 10.0 Å². The number of hydrogen-bond donors (Lipinski definition) is 0. The molecule has 2 fully saturated rings. The second kappa shape index (κ2) is 7.43. The molecule has 0 bridgehead atoms. The number of piperidine rings is 1. The number of ether oxygens (including phenoxy) is 1. The van der Waals surface area contributed by atoms with Crippen molar-refractivity contribution in [3.8, 4) is 0 Å². The quantitative estimate of drug-likeness (QED) is 0.821. The van der Waals surface area contributed by atoms with Crippen molar-refractivity contribution in [1.82, 2.24) is 9.21 Å². The fourth-order valence-corrected chi connectivity index (χ4v) is 5.16. The van der Waals surface area contributed by atoms with Gasteiger partial charge in [-0.1, -0.05) is 6.07 Å². The van der Waals surface area contributed by atoms with E-state index in [1.54, 1.807) is 25.1 Å². The van der Waals surface area contributed by atoms with E-state index in [9.17, 15) is 13.2 Å². The van der Waals surface area contributed by atoms with Crippen LogP contribution in [0.2, 0.25) is 0 Å². The molecule has 2 saturated heterocycles. The van der Waals surface area contributed by atoms with Crippen LogP contribution in [0.25, 0.3) is 0 Å². The molecule has 1 unspecified atom stereocenters. The monoisotopic (exact) mass is 366 g/mol. The Labute approximate surface area is 149 Å². The number of aryl methyl sites for hydroxylation is 1. The van der Waals surface area contributed by atoms with Gasteiger partial charge >= 0.3 is 0 Å². The lowest BCUT2D eigenvalue weighted by Gasteiger charge is -2.33. The predicted octanol–water partition coefficient (Wildman–Crippen LogP) is 2.03. The van der Waals surface area contributed by atoms with Crippen LogP contribution in [0.15, 0.2) is 23.1 Å². The highest BCUT2D eigenvalue weighted by molar-refractivity contribution is 7.89. The van der Waals surface area contributed by atoms with Crippen LogP contribution in [-0.2, 0) is 14.8 Å². The van der Waals surface area contributed by atoms with Gasteiger partial charge in [-0.2, -0.15) is 4.31 Å². The zero-order valence-corrected chi connectivity index (χ0v) is 15.7. The van der Waals surface area contributed by atoms with Gasteiger partial charge in [-0.05, 0) is 50.8 Å². The normalized spacial score (nSPS) is 22.8.